The zero-order valence-corrected chi connectivity index (χ0v) is 12.9. The summed E-state index contributed by atoms with van der Waals surface area (Å²) < 4.78 is 5.81. The Kier molecular flexibility index (Phi) is 4.72. The van der Waals surface area contributed by atoms with Crippen LogP contribution in [0, 0.1) is 0 Å². The average molecular weight is 301 g/mol. The van der Waals surface area contributed by atoms with Crippen LogP contribution in [0.1, 0.15) is 18.9 Å². The number of rotatable bonds is 4. The van der Waals surface area contributed by atoms with Crippen molar-refractivity contribution in [2.45, 2.75) is 13.0 Å². The van der Waals surface area contributed by atoms with Gasteiger partial charge in [0.05, 0.1) is 12.3 Å². The summed E-state index contributed by atoms with van der Waals surface area (Å²) >= 11 is 1.89. The second-order valence-corrected chi connectivity index (χ2v) is 5.98. The minimum absolute atomic E-state index is 0.00943. The van der Waals surface area contributed by atoms with E-state index in [0.717, 1.165) is 47.6 Å². The van der Waals surface area contributed by atoms with Crippen molar-refractivity contribution in [1.82, 2.24) is 9.97 Å². The van der Waals surface area contributed by atoms with Gasteiger partial charge in [-0.3, -0.25) is 0 Å². The maximum atomic E-state index is 5.81. The van der Waals surface area contributed by atoms with Crippen molar-refractivity contribution in [2.24, 2.45) is 0 Å². The van der Waals surface area contributed by atoms with E-state index in [1.54, 1.807) is 0 Å². The molecule has 1 aromatic heterocycles. The summed E-state index contributed by atoms with van der Waals surface area (Å²) in [6.07, 6.45) is -0.00943. The lowest BCUT2D eigenvalue weighted by Crippen LogP contribution is -2.19. The van der Waals surface area contributed by atoms with Gasteiger partial charge in [-0.05, 0) is 6.92 Å². The number of thioether (sulfide) groups is 1. The predicted molar refractivity (Wildman–Crippen MR) is 87.6 cm³/mol. The third-order valence-corrected chi connectivity index (χ3v) is 4.27. The molecule has 1 aliphatic rings. The Balaban J connectivity index is 1.97. The first-order valence-corrected chi connectivity index (χ1v) is 8.40. The highest BCUT2D eigenvalue weighted by Crippen LogP contribution is 2.27. The summed E-state index contributed by atoms with van der Waals surface area (Å²) in [7, 11) is 0. The van der Waals surface area contributed by atoms with E-state index < -0.39 is 0 Å². The van der Waals surface area contributed by atoms with E-state index in [1.807, 2.05) is 36.0 Å². The number of nitrogens with zero attached hydrogens (tertiary/aromatic N) is 2. The van der Waals surface area contributed by atoms with Crippen LogP contribution in [0.5, 0.6) is 0 Å². The van der Waals surface area contributed by atoms with Crippen LogP contribution in [-0.4, -0.2) is 34.6 Å². The highest BCUT2D eigenvalue weighted by Gasteiger charge is 2.20. The van der Waals surface area contributed by atoms with Gasteiger partial charge in [0.2, 0.25) is 0 Å². The molecule has 21 heavy (non-hydrogen) atoms. The maximum Gasteiger partial charge on any atom is 0.160 e. The van der Waals surface area contributed by atoms with Crippen LogP contribution in [0.2, 0.25) is 0 Å². The lowest BCUT2D eigenvalue weighted by atomic mass is 10.1. The highest BCUT2D eigenvalue weighted by molar-refractivity contribution is 7.99. The zero-order chi connectivity index (χ0) is 14.5. The summed E-state index contributed by atoms with van der Waals surface area (Å²) in [6, 6.07) is 12.2. The van der Waals surface area contributed by atoms with Crippen molar-refractivity contribution in [3.8, 4) is 11.3 Å². The minimum Gasteiger partial charge on any atom is -0.370 e. The standard InChI is InChI=1S/C16H19N3OS/c1-2-17-15-10-13(12-6-4-3-5-7-12)18-16(19-15)14-11-21-9-8-20-14/h3-7,10,14H,2,8-9,11H2,1H3,(H,17,18,19). The fourth-order valence-electron chi connectivity index (χ4n) is 2.28. The molecule has 1 aliphatic heterocycles. The molecule has 0 aliphatic carbocycles. The molecule has 0 bridgehead atoms. The van der Waals surface area contributed by atoms with Gasteiger partial charge in [0.15, 0.2) is 5.82 Å². The van der Waals surface area contributed by atoms with E-state index in [1.165, 1.54) is 0 Å². The van der Waals surface area contributed by atoms with Gasteiger partial charge in [0.25, 0.3) is 0 Å². The molecule has 0 spiro atoms. The Bertz CT molecular complexity index is 585. The summed E-state index contributed by atoms with van der Waals surface area (Å²) in [5.41, 5.74) is 2.04. The molecule has 3 rings (SSSR count). The van der Waals surface area contributed by atoms with Crippen LogP contribution in [0.4, 0.5) is 5.82 Å². The summed E-state index contributed by atoms with van der Waals surface area (Å²) in [4.78, 5) is 9.33. The third-order valence-electron chi connectivity index (χ3n) is 3.27. The topological polar surface area (TPSA) is 47.0 Å². The molecule has 0 radical (unpaired) electrons. The van der Waals surface area contributed by atoms with E-state index in [4.69, 9.17) is 9.72 Å². The van der Waals surface area contributed by atoms with Gasteiger partial charge < -0.3 is 10.1 Å². The van der Waals surface area contributed by atoms with Crippen LogP contribution in [0.3, 0.4) is 0 Å². The maximum absolute atomic E-state index is 5.81. The molecule has 4 nitrogen and oxygen atoms in total. The van der Waals surface area contributed by atoms with E-state index in [-0.39, 0.29) is 6.10 Å². The lowest BCUT2D eigenvalue weighted by Gasteiger charge is -2.22. The summed E-state index contributed by atoms with van der Waals surface area (Å²) in [5.74, 6) is 3.61. The second-order valence-electron chi connectivity index (χ2n) is 4.83. The lowest BCUT2D eigenvalue weighted by molar-refractivity contribution is 0.0696. The molecule has 5 heteroatoms. The van der Waals surface area contributed by atoms with Crippen LogP contribution >= 0.6 is 11.8 Å². The summed E-state index contributed by atoms with van der Waals surface area (Å²) in [6.45, 7) is 3.67. The van der Waals surface area contributed by atoms with E-state index in [9.17, 15) is 0 Å². The van der Waals surface area contributed by atoms with E-state index in [2.05, 4.69) is 29.4 Å². The van der Waals surface area contributed by atoms with Crippen molar-refractivity contribution in [3.63, 3.8) is 0 Å². The van der Waals surface area contributed by atoms with Crippen molar-refractivity contribution in [2.75, 3.05) is 30.0 Å². The van der Waals surface area contributed by atoms with Gasteiger partial charge >= 0.3 is 0 Å². The zero-order valence-electron chi connectivity index (χ0n) is 12.1. The van der Waals surface area contributed by atoms with Gasteiger partial charge in [-0.2, -0.15) is 11.8 Å². The molecule has 1 saturated heterocycles. The van der Waals surface area contributed by atoms with Crippen molar-refractivity contribution in [3.05, 3.63) is 42.2 Å². The Labute approximate surface area is 129 Å². The fraction of sp³-hybridized carbons (Fsp3) is 0.375. The predicted octanol–water partition coefficient (Wildman–Crippen LogP) is 3.38. The Hall–Kier alpha value is -1.59. The first-order chi connectivity index (χ1) is 10.4. The monoisotopic (exact) mass is 301 g/mol. The second kappa shape index (κ2) is 6.91. The van der Waals surface area contributed by atoms with Crippen LogP contribution in [-0.2, 0) is 4.74 Å². The first-order valence-electron chi connectivity index (χ1n) is 7.24. The number of ether oxygens (including phenoxy) is 1. The van der Waals surface area contributed by atoms with E-state index >= 15 is 0 Å². The molecule has 1 unspecified atom stereocenters. The van der Waals surface area contributed by atoms with Gasteiger partial charge in [0.1, 0.15) is 11.9 Å². The fourth-order valence-corrected chi connectivity index (χ4v) is 3.12. The van der Waals surface area contributed by atoms with Crippen molar-refractivity contribution in [1.29, 1.82) is 0 Å². The van der Waals surface area contributed by atoms with Crippen LogP contribution in [0.15, 0.2) is 36.4 Å². The molecule has 110 valence electrons. The molecule has 0 saturated carbocycles. The molecule has 1 atom stereocenters. The number of hydrogen-bond acceptors (Lipinski definition) is 5. The largest absolute Gasteiger partial charge is 0.370 e. The molecule has 2 heterocycles. The highest BCUT2D eigenvalue weighted by atomic mass is 32.2. The molecule has 0 amide bonds. The molecule has 1 N–H and O–H groups in total. The minimum atomic E-state index is -0.00943. The average Bonchev–Trinajstić information content (AvgIpc) is 2.56. The van der Waals surface area contributed by atoms with E-state index in [0.29, 0.717) is 0 Å². The first kappa shape index (κ1) is 14.4. The number of nitrogens with one attached hydrogen (secondary N) is 1. The molecular weight excluding hydrogens is 282 g/mol. The molecular formula is C16H19N3OS. The van der Waals surface area contributed by atoms with Gasteiger partial charge in [-0.1, -0.05) is 30.3 Å². The molecule has 2 aromatic rings. The number of hydrogen-bond donors (Lipinski definition) is 1. The van der Waals surface area contributed by atoms with Gasteiger partial charge in [-0.25, -0.2) is 9.97 Å². The number of anilines is 1. The SMILES string of the molecule is CCNc1cc(-c2ccccc2)nc(C2CSCCO2)n1. The van der Waals surface area contributed by atoms with Gasteiger partial charge in [0, 0.05) is 29.7 Å². The normalized spacial score (nSPS) is 18.4. The number of benzene rings is 1. The molecule has 1 aromatic carbocycles. The quantitative estimate of drug-likeness (QED) is 0.938. The Morgan fingerprint density at radius 2 is 2.14 bits per heavy atom. The van der Waals surface area contributed by atoms with Crippen LogP contribution in [0.25, 0.3) is 11.3 Å². The Morgan fingerprint density at radius 3 is 2.86 bits per heavy atom. The van der Waals surface area contributed by atoms with Gasteiger partial charge in [-0.15, -0.1) is 0 Å². The third kappa shape index (κ3) is 3.54. The smallest absolute Gasteiger partial charge is 0.160 e. The van der Waals surface area contributed by atoms with Crippen molar-refractivity contribution >= 4 is 17.6 Å². The molecule has 1 fully saturated rings. The van der Waals surface area contributed by atoms with Crippen LogP contribution < -0.4 is 5.32 Å². The van der Waals surface area contributed by atoms with Crippen molar-refractivity contribution < 1.29 is 4.74 Å². The summed E-state index contributed by atoms with van der Waals surface area (Å²) in [5, 5.41) is 3.28. The number of aromatic nitrogens is 2. The Morgan fingerprint density at radius 1 is 1.29 bits per heavy atom.